The first kappa shape index (κ1) is 9.44. The van der Waals surface area contributed by atoms with Gasteiger partial charge in [0.05, 0.1) is 0 Å². The Morgan fingerprint density at radius 2 is 1.94 bits per heavy atom. The Hall–Kier alpha value is -1.79. The van der Waals surface area contributed by atoms with Crippen molar-refractivity contribution in [3.05, 3.63) is 0 Å². The second-order valence-corrected chi connectivity index (χ2v) is 4.06. The molecule has 7 heteroatoms. The first-order chi connectivity index (χ1) is 7.84. The van der Waals surface area contributed by atoms with Gasteiger partial charge in [-0.1, -0.05) is 0 Å². The second kappa shape index (κ2) is 3.66. The van der Waals surface area contributed by atoms with Gasteiger partial charge in [-0.05, 0) is 24.5 Å². The number of hydrogen-bond donors (Lipinski definition) is 1. The molecule has 3 heterocycles. The molecular weight excluding hydrogens is 206 g/mol. The number of nitrogens with two attached hydrogens (primary N) is 1. The van der Waals surface area contributed by atoms with Gasteiger partial charge in [-0.25, -0.2) is 0 Å². The molecule has 84 valence electrons. The van der Waals surface area contributed by atoms with Crippen LogP contribution in [0.2, 0.25) is 0 Å². The van der Waals surface area contributed by atoms with Gasteiger partial charge < -0.3 is 10.6 Å². The van der Waals surface area contributed by atoms with Crippen molar-refractivity contribution >= 4 is 17.6 Å². The number of fused-ring (bicyclic) bond motifs is 1. The summed E-state index contributed by atoms with van der Waals surface area (Å²) in [5.41, 5.74) is 5.82. The molecule has 0 amide bonds. The highest BCUT2D eigenvalue weighted by Crippen LogP contribution is 2.16. The van der Waals surface area contributed by atoms with Crippen molar-refractivity contribution in [1.29, 1.82) is 0 Å². The van der Waals surface area contributed by atoms with E-state index in [0.29, 0.717) is 17.6 Å². The van der Waals surface area contributed by atoms with Gasteiger partial charge in [0.2, 0.25) is 5.96 Å². The summed E-state index contributed by atoms with van der Waals surface area (Å²) in [4.78, 5) is 10.8. The Morgan fingerprint density at radius 1 is 1.12 bits per heavy atom. The van der Waals surface area contributed by atoms with Gasteiger partial charge >= 0.3 is 0 Å². The van der Waals surface area contributed by atoms with E-state index < -0.39 is 0 Å². The molecule has 1 saturated heterocycles. The molecule has 0 aromatic carbocycles. The summed E-state index contributed by atoms with van der Waals surface area (Å²) in [6, 6.07) is -0.353. The lowest BCUT2D eigenvalue weighted by atomic mass is 10.1. The maximum absolute atomic E-state index is 5.82. The molecule has 1 atom stereocenters. The molecule has 7 nitrogen and oxygen atoms in total. The number of rotatable bonds is 0. The van der Waals surface area contributed by atoms with Crippen molar-refractivity contribution < 1.29 is 0 Å². The Morgan fingerprint density at radius 3 is 2.75 bits per heavy atom. The molecular formula is C9H13N7. The van der Waals surface area contributed by atoms with Crippen molar-refractivity contribution in [1.82, 2.24) is 4.90 Å². The van der Waals surface area contributed by atoms with E-state index in [1.165, 1.54) is 19.3 Å². The van der Waals surface area contributed by atoms with E-state index in [2.05, 4.69) is 30.3 Å². The van der Waals surface area contributed by atoms with Crippen molar-refractivity contribution in [2.45, 2.75) is 25.3 Å². The number of amidine groups is 2. The van der Waals surface area contributed by atoms with E-state index in [1.807, 2.05) is 0 Å². The lowest BCUT2D eigenvalue weighted by molar-refractivity contribution is 0.339. The molecule has 0 aromatic rings. The Balaban J connectivity index is 1.86. The SMILES string of the molecule is NC1=NC(N2CCCCC2)=NC2=NN=NC12. The Labute approximate surface area is 92.8 Å². The van der Waals surface area contributed by atoms with Crippen LogP contribution in [0.5, 0.6) is 0 Å². The number of likely N-dealkylation sites (tertiary alicyclic amines) is 1. The van der Waals surface area contributed by atoms with Crippen LogP contribution in [0.15, 0.2) is 25.4 Å². The van der Waals surface area contributed by atoms with Crippen molar-refractivity contribution in [2.75, 3.05) is 13.1 Å². The minimum atomic E-state index is -0.353. The van der Waals surface area contributed by atoms with Crippen molar-refractivity contribution in [2.24, 2.45) is 31.2 Å². The average Bonchev–Trinajstić information content (AvgIpc) is 2.79. The smallest absolute Gasteiger partial charge is 0.229 e. The normalized spacial score (nSPS) is 28.4. The standard InChI is InChI=1S/C9H13N7/c10-7-6-8(14-15-13-6)12-9(11-7)16-4-2-1-3-5-16/h6H,1-5H2,(H2,10,11,12,13,14). The van der Waals surface area contributed by atoms with E-state index in [1.54, 1.807) is 0 Å². The van der Waals surface area contributed by atoms with Crippen LogP contribution in [0, 0.1) is 0 Å². The molecule has 3 rings (SSSR count). The highest BCUT2D eigenvalue weighted by molar-refractivity contribution is 6.19. The third kappa shape index (κ3) is 1.48. The van der Waals surface area contributed by atoms with Gasteiger partial charge in [0, 0.05) is 13.1 Å². The van der Waals surface area contributed by atoms with Gasteiger partial charge in [0.1, 0.15) is 5.84 Å². The maximum Gasteiger partial charge on any atom is 0.229 e. The first-order valence-corrected chi connectivity index (χ1v) is 5.50. The fraction of sp³-hybridized carbons (Fsp3) is 0.667. The number of aliphatic imine (C=N–C) groups is 2. The minimum absolute atomic E-state index is 0.353. The largest absolute Gasteiger partial charge is 0.385 e. The van der Waals surface area contributed by atoms with Gasteiger partial charge in [-0.2, -0.15) is 9.98 Å². The van der Waals surface area contributed by atoms with Crippen LogP contribution in [0.4, 0.5) is 0 Å². The first-order valence-electron chi connectivity index (χ1n) is 5.50. The molecule has 0 radical (unpaired) electrons. The molecule has 0 spiro atoms. The van der Waals surface area contributed by atoms with Gasteiger partial charge in [0.25, 0.3) is 0 Å². The minimum Gasteiger partial charge on any atom is -0.385 e. The summed E-state index contributed by atoms with van der Waals surface area (Å²) in [7, 11) is 0. The van der Waals surface area contributed by atoms with Crippen LogP contribution in [0.3, 0.4) is 0 Å². The molecule has 16 heavy (non-hydrogen) atoms. The van der Waals surface area contributed by atoms with Crippen LogP contribution in [-0.2, 0) is 0 Å². The summed E-state index contributed by atoms with van der Waals surface area (Å²) < 4.78 is 0. The molecule has 0 saturated carbocycles. The molecule has 0 bridgehead atoms. The van der Waals surface area contributed by atoms with Crippen molar-refractivity contribution in [3.8, 4) is 0 Å². The number of nitrogens with zero attached hydrogens (tertiary/aromatic N) is 6. The fourth-order valence-corrected chi connectivity index (χ4v) is 2.04. The number of hydrogen-bond acceptors (Lipinski definition) is 7. The zero-order chi connectivity index (χ0) is 11.0. The second-order valence-electron chi connectivity index (χ2n) is 4.06. The summed E-state index contributed by atoms with van der Waals surface area (Å²) in [5.74, 6) is 1.67. The van der Waals surface area contributed by atoms with E-state index in [-0.39, 0.29) is 6.04 Å². The molecule has 3 aliphatic heterocycles. The lowest BCUT2D eigenvalue weighted by Gasteiger charge is -2.29. The summed E-state index contributed by atoms with van der Waals surface area (Å²) in [6.07, 6.45) is 3.63. The molecule has 2 N–H and O–H groups in total. The number of guanidine groups is 1. The van der Waals surface area contributed by atoms with E-state index in [4.69, 9.17) is 5.73 Å². The highest BCUT2D eigenvalue weighted by Gasteiger charge is 2.30. The average molecular weight is 219 g/mol. The molecule has 3 aliphatic rings. The molecule has 1 fully saturated rings. The summed E-state index contributed by atoms with van der Waals surface area (Å²) in [6.45, 7) is 1.98. The van der Waals surface area contributed by atoms with E-state index in [9.17, 15) is 0 Å². The Kier molecular flexibility index (Phi) is 2.16. The van der Waals surface area contributed by atoms with Crippen LogP contribution >= 0.6 is 0 Å². The fourth-order valence-electron chi connectivity index (χ4n) is 2.04. The van der Waals surface area contributed by atoms with Crippen LogP contribution < -0.4 is 5.73 Å². The van der Waals surface area contributed by atoms with Gasteiger partial charge in [0.15, 0.2) is 11.9 Å². The predicted molar refractivity (Wildman–Crippen MR) is 60.6 cm³/mol. The third-order valence-electron chi connectivity index (χ3n) is 2.92. The van der Waals surface area contributed by atoms with Crippen molar-refractivity contribution in [3.63, 3.8) is 0 Å². The third-order valence-corrected chi connectivity index (χ3v) is 2.92. The quantitative estimate of drug-likeness (QED) is 0.636. The molecule has 0 aromatic heterocycles. The van der Waals surface area contributed by atoms with Crippen LogP contribution in [0.25, 0.3) is 0 Å². The van der Waals surface area contributed by atoms with Gasteiger partial charge in [-0.15, -0.1) is 10.2 Å². The van der Waals surface area contributed by atoms with Crippen LogP contribution in [0.1, 0.15) is 19.3 Å². The zero-order valence-electron chi connectivity index (χ0n) is 8.87. The van der Waals surface area contributed by atoms with E-state index >= 15 is 0 Å². The van der Waals surface area contributed by atoms with E-state index in [0.717, 1.165) is 13.1 Å². The van der Waals surface area contributed by atoms with Crippen LogP contribution in [-0.4, -0.2) is 41.7 Å². The number of piperidine rings is 1. The van der Waals surface area contributed by atoms with Gasteiger partial charge in [-0.3, -0.25) is 0 Å². The maximum atomic E-state index is 5.82. The Bertz CT molecular complexity index is 414. The predicted octanol–water partition coefficient (Wildman–Crippen LogP) is 0.347. The molecule has 1 unspecified atom stereocenters. The summed E-state index contributed by atoms with van der Waals surface area (Å²) >= 11 is 0. The monoisotopic (exact) mass is 219 g/mol. The summed E-state index contributed by atoms with van der Waals surface area (Å²) in [5, 5.41) is 11.3. The highest BCUT2D eigenvalue weighted by atomic mass is 15.5. The molecule has 0 aliphatic carbocycles. The zero-order valence-corrected chi connectivity index (χ0v) is 8.87. The topological polar surface area (TPSA) is 91.1 Å². The lowest BCUT2D eigenvalue weighted by Crippen LogP contribution is -2.43.